The van der Waals surface area contributed by atoms with Gasteiger partial charge in [-0.25, -0.2) is 0 Å². The lowest BCUT2D eigenvalue weighted by Gasteiger charge is -2.38. The van der Waals surface area contributed by atoms with E-state index in [0.29, 0.717) is 19.4 Å². The molecular formula is C25H42N4O4. The topological polar surface area (TPSA) is 91.0 Å². The van der Waals surface area contributed by atoms with Crippen LogP contribution in [0.15, 0.2) is 36.0 Å². The van der Waals surface area contributed by atoms with Gasteiger partial charge in [-0.2, -0.15) is 0 Å². The Labute approximate surface area is 199 Å². The van der Waals surface area contributed by atoms with Crippen LogP contribution in [-0.4, -0.2) is 86.5 Å². The molecule has 2 aliphatic rings. The Morgan fingerprint density at radius 1 is 1.09 bits per heavy atom. The summed E-state index contributed by atoms with van der Waals surface area (Å²) >= 11 is 0. The number of esters is 1. The number of carbonyl (C=O) groups excluding carboxylic acids is 3. The monoisotopic (exact) mass is 462 g/mol. The molecule has 1 aliphatic carbocycles. The number of nitrogens with one attached hydrogen (secondary N) is 2. The third-order valence-electron chi connectivity index (χ3n) is 5.41. The van der Waals surface area contributed by atoms with Gasteiger partial charge in [-0.15, -0.1) is 0 Å². The highest BCUT2D eigenvalue weighted by molar-refractivity contribution is 5.82. The zero-order chi connectivity index (χ0) is 24.5. The van der Waals surface area contributed by atoms with Crippen molar-refractivity contribution >= 4 is 17.8 Å². The van der Waals surface area contributed by atoms with Crippen molar-refractivity contribution in [1.82, 2.24) is 20.4 Å². The van der Waals surface area contributed by atoms with Gasteiger partial charge < -0.3 is 20.3 Å². The molecule has 186 valence electrons. The van der Waals surface area contributed by atoms with Crippen LogP contribution < -0.4 is 10.6 Å². The average Bonchev–Trinajstić information content (AvgIpc) is 3.10. The van der Waals surface area contributed by atoms with Crippen LogP contribution >= 0.6 is 0 Å². The summed E-state index contributed by atoms with van der Waals surface area (Å²) in [4.78, 5) is 40.6. The summed E-state index contributed by atoms with van der Waals surface area (Å²) < 4.78 is 5.23. The molecule has 2 N–H and O–H groups in total. The Bertz CT molecular complexity index is 703. The standard InChI is InChI=1S/C23H36N4O4.C2H6/c1-3-27-16-15-26(2)17-20(27)23(30)25-13-8-11-21(28)24-14-12-22(29)31-18-19-9-6-4-5-7-10-19;1-2/h4-6,9-10,20H,3,7-8,11-18H2,1-2H3,(H,24,28)(H,25,30);1-2H3. The second-order valence-electron chi connectivity index (χ2n) is 7.86. The van der Waals surface area contributed by atoms with E-state index >= 15 is 0 Å². The van der Waals surface area contributed by atoms with Gasteiger partial charge in [0.1, 0.15) is 12.6 Å². The number of allylic oxidation sites excluding steroid dienone is 4. The first-order chi connectivity index (χ1) is 16.0. The van der Waals surface area contributed by atoms with Crippen LogP contribution in [-0.2, 0) is 19.1 Å². The molecule has 8 heteroatoms. The van der Waals surface area contributed by atoms with Gasteiger partial charge in [-0.05, 0) is 32.0 Å². The molecule has 1 aliphatic heterocycles. The first kappa shape index (κ1) is 28.6. The van der Waals surface area contributed by atoms with Crippen molar-refractivity contribution < 1.29 is 19.1 Å². The van der Waals surface area contributed by atoms with Gasteiger partial charge in [0.2, 0.25) is 11.8 Å². The van der Waals surface area contributed by atoms with Gasteiger partial charge in [0.15, 0.2) is 0 Å². The van der Waals surface area contributed by atoms with E-state index in [1.807, 2.05) is 51.3 Å². The largest absolute Gasteiger partial charge is 0.461 e. The Morgan fingerprint density at radius 2 is 1.88 bits per heavy atom. The number of ether oxygens (including phenoxy) is 1. The molecule has 0 aromatic carbocycles. The highest BCUT2D eigenvalue weighted by atomic mass is 16.5. The fourth-order valence-corrected chi connectivity index (χ4v) is 3.52. The molecule has 0 radical (unpaired) electrons. The minimum Gasteiger partial charge on any atom is -0.461 e. The van der Waals surface area contributed by atoms with Crippen molar-refractivity contribution in [3.8, 4) is 0 Å². The first-order valence-electron chi connectivity index (χ1n) is 12.1. The predicted molar refractivity (Wildman–Crippen MR) is 132 cm³/mol. The van der Waals surface area contributed by atoms with E-state index in [4.69, 9.17) is 4.74 Å². The van der Waals surface area contributed by atoms with Gasteiger partial charge >= 0.3 is 5.97 Å². The molecule has 8 nitrogen and oxygen atoms in total. The zero-order valence-electron chi connectivity index (χ0n) is 20.8. The first-order valence-corrected chi connectivity index (χ1v) is 12.1. The van der Waals surface area contributed by atoms with Crippen molar-refractivity contribution in [2.24, 2.45) is 0 Å². The molecule has 1 fully saturated rings. The van der Waals surface area contributed by atoms with Gasteiger partial charge in [0.05, 0.1) is 6.42 Å². The van der Waals surface area contributed by atoms with Crippen LogP contribution in [0.4, 0.5) is 0 Å². The lowest BCUT2D eigenvalue weighted by atomic mass is 10.1. The Kier molecular flexibility index (Phi) is 14.8. The smallest absolute Gasteiger partial charge is 0.307 e. The van der Waals surface area contributed by atoms with Crippen LogP contribution in [0.5, 0.6) is 0 Å². The molecule has 1 atom stereocenters. The third-order valence-corrected chi connectivity index (χ3v) is 5.41. The zero-order valence-corrected chi connectivity index (χ0v) is 20.8. The number of hydrogen-bond donors (Lipinski definition) is 2. The molecule has 0 bridgehead atoms. The molecule has 0 aromatic heterocycles. The normalized spacial score (nSPS) is 18.4. The maximum absolute atomic E-state index is 12.5. The van der Waals surface area contributed by atoms with E-state index in [1.54, 1.807) is 0 Å². The summed E-state index contributed by atoms with van der Waals surface area (Å²) in [6.07, 6.45) is 11.7. The minimum atomic E-state index is -0.336. The van der Waals surface area contributed by atoms with Crippen molar-refractivity contribution in [2.75, 3.05) is 52.9 Å². The predicted octanol–water partition coefficient (Wildman–Crippen LogP) is 2.04. The van der Waals surface area contributed by atoms with Crippen LogP contribution in [0.1, 0.15) is 46.5 Å². The molecule has 0 aromatic rings. The lowest BCUT2D eigenvalue weighted by molar-refractivity contribution is -0.142. The Balaban J connectivity index is 0.00000265. The number of amides is 2. The van der Waals surface area contributed by atoms with Crippen LogP contribution in [0.3, 0.4) is 0 Å². The molecule has 0 saturated carbocycles. The minimum absolute atomic E-state index is 0.0194. The second-order valence-corrected chi connectivity index (χ2v) is 7.86. The van der Waals surface area contributed by atoms with E-state index < -0.39 is 0 Å². The molecular weight excluding hydrogens is 420 g/mol. The number of hydrogen-bond acceptors (Lipinski definition) is 6. The Morgan fingerprint density at radius 3 is 2.64 bits per heavy atom. The average molecular weight is 463 g/mol. The molecule has 33 heavy (non-hydrogen) atoms. The second kappa shape index (κ2) is 17.1. The van der Waals surface area contributed by atoms with Gasteiger partial charge in [0, 0.05) is 39.1 Å². The van der Waals surface area contributed by atoms with E-state index in [1.165, 1.54) is 0 Å². The summed E-state index contributed by atoms with van der Waals surface area (Å²) in [6.45, 7) is 10.5. The maximum atomic E-state index is 12.5. The fourth-order valence-electron chi connectivity index (χ4n) is 3.52. The molecule has 1 heterocycles. The van der Waals surface area contributed by atoms with Crippen molar-refractivity contribution in [3.05, 3.63) is 36.0 Å². The van der Waals surface area contributed by atoms with E-state index in [0.717, 1.165) is 38.2 Å². The number of likely N-dealkylation sites (N-methyl/N-ethyl adjacent to an activating group) is 2. The summed E-state index contributed by atoms with van der Waals surface area (Å²) in [5.74, 6) is -0.446. The van der Waals surface area contributed by atoms with E-state index in [-0.39, 0.29) is 43.4 Å². The molecule has 2 amide bonds. The van der Waals surface area contributed by atoms with E-state index in [2.05, 4.69) is 27.4 Å². The number of carbonyl (C=O) groups is 3. The number of piperazine rings is 1. The van der Waals surface area contributed by atoms with E-state index in [9.17, 15) is 14.4 Å². The third kappa shape index (κ3) is 11.8. The highest BCUT2D eigenvalue weighted by Gasteiger charge is 2.29. The molecule has 0 spiro atoms. The van der Waals surface area contributed by atoms with Gasteiger partial charge in [-0.3, -0.25) is 19.3 Å². The fraction of sp³-hybridized carbons (Fsp3) is 0.640. The van der Waals surface area contributed by atoms with Crippen molar-refractivity contribution in [1.29, 1.82) is 0 Å². The number of nitrogens with zero attached hydrogens (tertiary/aromatic N) is 2. The lowest BCUT2D eigenvalue weighted by Crippen LogP contribution is -2.58. The maximum Gasteiger partial charge on any atom is 0.307 e. The van der Waals surface area contributed by atoms with Crippen LogP contribution in [0.25, 0.3) is 0 Å². The SMILES string of the molecule is CC.CCN1CCN(C)CC1C(=O)NCCCC(=O)NCCC(=O)OCC1=CCC=CC=C1. The molecule has 1 saturated heterocycles. The Hall–Kier alpha value is -2.45. The van der Waals surface area contributed by atoms with Crippen LogP contribution in [0, 0.1) is 0 Å². The summed E-state index contributed by atoms with van der Waals surface area (Å²) in [7, 11) is 2.02. The van der Waals surface area contributed by atoms with Crippen molar-refractivity contribution in [3.63, 3.8) is 0 Å². The van der Waals surface area contributed by atoms with Crippen LogP contribution in [0.2, 0.25) is 0 Å². The number of rotatable bonds is 11. The molecule has 2 rings (SSSR count). The highest BCUT2D eigenvalue weighted by Crippen LogP contribution is 2.08. The van der Waals surface area contributed by atoms with Gasteiger partial charge in [0.25, 0.3) is 0 Å². The molecule has 1 unspecified atom stereocenters. The van der Waals surface area contributed by atoms with Gasteiger partial charge in [-0.1, -0.05) is 51.2 Å². The van der Waals surface area contributed by atoms with Crippen molar-refractivity contribution in [2.45, 2.75) is 52.5 Å². The quantitative estimate of drug-likeness (QED) is 0.361. The summed E-state index contributed by atoms with van der Waals surface area (Å²) in [6, 6.07) is -0.135. The summed E-state index contributed by atoms with van der Waals surface area (Å²) in [5.41, 5.74) is 0.964. The summed E-state index contributed by atoms with van der Waals surface area (Å²) in [5, 5.41) is 5.67.